The van der Waals surface area contributed by atoms with E-state index in [4.69, 9.17) is 4.74 Å². The minimum absolute atomic E-state index is 0.166. The highest BCUT2D eigenvalue weighted by molar-refractivity contribution is 5.52. The average Bonchev–Trinajstić information content (AvgIpc) is 2.45. The first kappa shape index (κ1) is 13.3. The molecule has 2 rings (SSSR count). The van der Waals surface area contributed by atoms with Crippen molar-refractivity contribution in [1.29, 1.82) is 0 Å². The van der Waals surface area contributed by atoms with Crippen LogP contribution in [0.1, 0.15) is 18.5 Å². The first-order valence-corrected chi connectivity index (χ1v) is 6.27. The fourth-order valence-electron chi connectivity index (χ4n) is 2.06. The van der Waals surface area contributed by atoms with Crippen LogP contribution in [0.2, 0.25) is 0 Å². The Morgan fingerprint density at radius 2 is 1.84 bits per heavy atom. The van der Waals surface area contributed by atoms with Crippen molar-refractivity contribution < 1.29 is 9.84 Å². The van der Waals surface area contributed by atoms with Gasteiger partial charge >= 0.3 is 0 Å². The second-order valence-electron chi connectivity index (χ2n) is 4.58. The van der Waals surface area contributed by atoms with E-state index in [9.17, 15) is 5.11 Å². The topological polar surface area (TPSA) is 32.7 Å². The largest absolute Gasteiger partial charge is 0.508 e. The molecule has 0 aliphatic rings. The maximum atomic E-state index is 9.56. The Balaban J connectivity index is 2.25. The van der Waals surface area contributed by atoms with Crippen LogP contribution in [-0.2, 0) is 0 Å². The molecule has 2 aromatic carbocycles. The summed E-state index contributed by atoms with van der Waals surface area (Å²) >= 11 is 0. The number of phenols is 1. The summed E-state index contributed by atoms with van der Waals surface area (Å²) < 4.78 is 5.24. The van der Waals surface area contributed by atoms with E-state index >= 15 is 0 Å². The van der Waals surface area contributed by atoms with Gasteiger partial charge in [-0.3, -0.25) is 0 Å². The molecule has 0 aromatic heterocycles. The zero-order chi connectivity index (χ0) is 13.8. The van der Waals surface area contributed by atoms with Crippen molar-refractivity contribution in [3.05, 3.63) is 54.1 Å². The summed E-state index contributed by atoms with van der Waals surface area (Å²) in [6.07, 6.45) is 0. The van der Waals surface area contributed by atoms with Gasteiger partial charge in [0.25, 0.3) is 0 Å². The normalized spacial score (nSPS) is 11.9. The molecule has 19 heavy (non-hydrogen) atoms. The summed E-state index contributed by atoms with van der Waals surface area (Å²) in [7, 11) is 3.70. The summed E-state index contributed by atoms with van der Waals surface area (Å²) in [5.74, 6) is 1.14. The molecule has 100 valence electrons. The van der Waals surface area contributed by atoms with Gasteiger partial charge in [-0.2, -0.15) is 0 Å². The average molecular weight is 257 g/mol. The zero-order valence-electron chi connectivity index (χ0n) is 11.5. The Hall–Kier alpha value is -2.16. The Bertz CT molecular complexity index is 554. The van der Waals surface area contributed by atoms with Crippen molar-refractivity contribution in [3.63, 3.8) is 0 Å². The maximum absolute atomic E-state index is 9.56. The fraction of sp³-hybridized carbons (Fsp3) is 0.250. The molecule has 3 heteroatoms. The molecule has 0 heterocycles. The Kier molecular flexibility index (Phi) is 3.95. The minimum Gasteiger partial charge on any atom is -0.508 e. The van der Waals surface area contributed by atoms with E-state index in [0.717, 1.165) is 17.0 Å². The van der Waals surface area contributed by atoms with Crippen LogP contribution in [0.15, 0.2) is 48.5 Å². The Morgan fingerprint density at radius 3 is 2.53 bits per heavy atom. The number of aromatic hydroxyl groups is 1. The van der Waals surface area contributed by atoms with Gasteiger partial charge in [0, 0.05) is 18.8 Å². The molecule has 1 N–H and O–H groups in total. The molecule has 0 spiro atoms. The van der Waals surface area contributed by atoms with Crippen LogP contribution in [0.25, 0.3) is 0 Å². The summed E-state index contributed by atoms with van der Waals surface area (Å²) in [6.45, 7) is 2.11. The molecular formula is C16H19NO2. The lowest BCUT2D eigenvalue weighted by Gasteiger charge is -2.27. The summed E-state index contributed by atoms with van der Waals surface area (Å²) in [5.41, 5.74) is 2.15. The van der Waals surface area contributed by atoms with Crippen molar-refractivity contribution in [2.75, 3.05) is 19.1 Å². The third-order valence-electron chi connectivity index (χ3n) is 3.39. The van der Waals surface area contributed by atoms with Gasteiger partial charge in [-0.1, -0.05) is 18.2 Å². The lowest BCUT2D eigenvalue weighted by molar-refractivity contribution is 0.414. The predicted molar refractivity (Wildman–Crippen MR) is 77.9 cm³/mol. The smallest absolute Gasteiger partial charge is 0.120 e. The van der Waals surface area contributed by atoms with Gasteiger partial charge < -0.3 is 14.7 Å². The van der Waals surface area contributed by atoms with Crippen LogP contribution in [0.5, 0.6) is 11.5 Å². The molecule has 0 saturated heterocycles. The maximum Gasteiger partial charge on any atom is 0.120 e. The molecule has 0 bridgehead atoms. The van der Waals surface area contributed by atoms with E-state index in [0.29, 0.717) is 5.75 Å². The lowest BCUT2D eigenvalue weighted by Crippen LogP contribution is -2.21. The number of hydrogen-bond donors (Lipinski definition) is 1. The second-order valence-corrected chi connectivity index (χ2v) is 4.58. The van der Waals surface area contributed by atoms with Crippen molar-refractivity contribution in [2.24, 2.45) is 0 Å². The highest BCUT2D eigenvalue weighted by atomic mass is 16.5. The standard InChI is InChI=1S/C16H19NO2/c1-12(13-6-4-8-15(18)10-13)17(2)14-7-5-9-16(11-14)19-3/h4-12,18H,1-3H3. The van der Waals surface area contributed by atoms with Crippen LogP contribution in [0.3, 0.4) is 0 Å². The summed E-state index contributed by atoms with van der Waals surface area (Å²) in [4.78, 5) is 2.15. The number of benzene rings is 2. The van der Waals surface area contributed by atoms with Crippen LogP contribution >= 0.6 is 0 Å². The number of rotatable bonds is 4. The number of nitrogens with zero attached hydrogens (tertiary/aromatic N) is 1. The zero-order valence-corrected chi connectivity index (χ0v) is 11.5. The van der Waals surface area contributed by atoms with E-state index in [1.165, 1.54) is 0 Å². The molecule has 2 aromatic rings. The van der Waals surface area contributed by atoms with E-state index in [1.807, 2.05) is 43.4 Å². The van der Waals surface area contributed by atoms with Gasteiger partial charge in [0.2, 0.25) is 0 Å². The number of methoxy groups -OCH3 is 1. The van der Waals surface area contributed by atoms with Crippen molar-refractivity contribution in [2.45, 2.75) is 13.0 Å². The van der Waals surface area contributed by atoms with Gasteiger partial charge in [0.1, 0.15) is 11.5 Å². The highest BCUT2D eigenvalue weighted by Gasteiger charge is 2.13. The SMILES string of the molecule is COc1cccc(N(C)C(C)c2cccc(O)c2)c1. The van der Waals surface area contributed by atoms with Gasteiger partial charge in [0.15, 0.2) is 0 Å². The Morgan fingerprint density at radius 1 is 1.11 bits per heavy atom. The van der Waals surface area contributed by atoms with E-state index in [-0.39, 0.29) is 6.04 Å². The number of ether oxygens (including phenoxy) is 1. The van der Waals surface area contributed by atoms with Gasteiger partial charge in [-0.05, 0) is 36.8 Å². The monoisotopic (exact) mass is 257 g/mol. The first-order valence-electron chi connectivity index (χ1n) is 6.27. The van der Waals surface area contributed by atoms with Crippen molar-refractivity contribution in [1.82, 2.24) is 0 Å². The predicted octanol–water partition coefficient (Wildman–Crippen LogP) is 3.60. The molecule has 0 amide bonds. The number of anilines is 1. The van der Waals surface area contributed by atoms with Crippen LogP contribution in [-0.4, -0.2) is 19.3 Å². The van der Waals surface area contributed by atoms with E-state index in [1.54, 1.807) is 19.2 Å². The molecule has 0 saturated carbocycles. The molecule has 0 aliphatic carbocycles. The molecule has 0 fully saturated rings. The molecule has 1 atom stereocenters. The van der Waals surface area contributed by atoms with E-state index < -0.39 is 0 Å². The highest BCUT2D eigenvalue weighted by Crippen LogP contribution is 2.29. The van der Waals surface area contributed by atoms with Crippen LogP contribution in [0, 0.1) is 0 Å². The fourth-order valence-corrected chi connectivity index (χ4v) is 2.06. The van der Waals surface area contributed by atoms with Crippen molar-refractivity contribution >= 4 is 5.69 Å². The van der Waals surface area contributed by atoms with Gasteiger partial charge in [0.05, 0.1) is 13.2 Å². The molecule has 0 aliphatic heterocycles. The van der Waals surface area contributed by atoms with Crippen molar-refractivity contribution in [3.8, 4) is 11.5 Å². The third-order valence-corrected chi connectivity index (χ3v) is 3.39. The molecule has 0 radical (unpaired) electrons. The lowest BCUT2D eigenvalue weighted by atomic mass is 10.1. The number of phenolic OH excluding ortho intramolecular Hbond substituents is 1. The second kappa shape index (κ2) is 5.65. The molecule has 1 unspecified atom stereocenters. The summed E-state index contributed by atoms with van der Waals surface area (Å²) in [6, 6.07) is 15.5. The minimum atomic E-state index is 0.166. The third kappa shape index (κ3) is 2.99. The van der Waals surface area contributed by atoms with Crippen LogP contribution in [0.4, 0.5) is 5.69 Å². The summed E-state index contributed by atoms with van der Waals surface area (Å²) in [5, 5.41) is 9.56. The van der Waals surface area contributed by atoms with E-state index in [2.05, 4.69) is 11.8 Å². The molecule has 3 nitrogen and oxygen atoms in total. The molecular weight excluding hydrogens is 238 g/mol. The van der Waals surface area contributed by atoms with Crippen LogP contribution < -0.4 is 9.64 Å². The Labute approximate surface area is 114 Å². The first-order chi connectivity index (χ1) is 9.11. The van der Waals surface area contributed by atoms with Gasteiger partial charge in [-0.25, -0.2) is 0 Å². The number of hydrogen-bond acceptors (Lipinski definition) is 3. The van der Waals surface area contributed by atoms with Gasteiger partial charge in [-0.15, -0.1) is 0 Å². The quantitative estimate of drug-likeness (QED) is 0.908.